The monoisotopic (exact) mass is 495 g/mol. The van der Waals surface area contributed by atoms with Gasteiger partial charge in [0.05, 0.1) is 41.9 Å². The second-order valence-electron chi connectivity index (χ2n) is 6.25. The van der Waals surface area contributed by atoms with Crippen LogP contribution in [0, 0.1) is 0 Å². The fraction of sp³-hybridized carbons (Fsp3) is 0.300. The highest BCUT2D eigenvalue weighted by atomic mass is 79.9. The molecule has 3 aromatic rings. The van der Waals surface area contributed by atoms with Crippen LogP contribution in [0.2, 0.25) is 0 Å². The van der Waals surface area contributed by atoms with Crippen molar-refractivity contribution in [3.8, 4) is 27.8 Å². The first kappa shape index (κ1) is 21.6. The normalized spacial score (nSPS) is 12.2. The number of hydrogen-bond acceptors (Lipinski definition) is 7. The van der Waals surface area contributed by atoms with Crippen LogP contribution in [0.15, 0.2) is 43.5 Å². The molecule has 154 valence electrons. The maximum atomic E-state index is 5.44. The number of halogens is 1. The Morgan fingerprint density at radius 2 is 1.76 bits per heavy atom. The standard InChI is InChI=1S/C20H22BrN3O3S2/c1-12(2)23-20-24(14(11-28-20)17-6-7-18(21)29-17)22-10-13-8-15(25-3)19(27-5)16(9-13)26-4/h6-12H,1-5H3. The van der Waals surface area contributed by atoms with Gasteiger partial charge in [-0.15, -0.1) is 22.7 Å². The van der Waals surface area contributed by atoms with Gasteiger partial charge < -0.3 is 14.2 Å². The van der Waals surface area contributed by atoms with Gasteiger partial charge in [0, 0.05) is 17.0 Å². The summed E-state index contributed by atoms with van der Waals surface area (Å²) in [6.07, 6.45) is 1.77. The van der Waals surface area contributed by atoms with Gasteiger partial charge in [0.25, 0.3) is 0 Å². The van der Waals surface area contributed by atoms with Gasteiger partial charge in [-0.2, -0.15) is 5.10 Å². The Morgan fingerprint density at radius 3 is 2.28 bits per heavy atom. The van der Waals surface area contributed by atoms with E-state index in [1.165, 1.54) is 0 Å². The number of rotatable bonds is 7. The second-order valence-corrected chi connectivity index (χ2v) is 9.54. The van der Waals surface area contributed by atoms with Gasteiger partial charge in [-0.3, -0.25) is 4.99 Å². The summed E-state index contributed by atoms with van der Waals surface area (Å²) in [4.78, 5) is 6.66. The van der Waals surface area contributed by atoms with Crippen molar-refractivity contribution in [1.82, 2.24) is 4.68 Å². The second kappa shape index (κ2) is 9.60. The first-order valence-electron chi connectivity index (χ1n) is 8.81. The zero-order valence-corrected chi connectivity index (χ0v) is 20.0. The van der Waals surface area contributed by atoms with Crippen molar-refractivity contribution in [3.63, 3.8) is 0 Å². The van der Waals surface area contributed by atoms with Gasteiger partial charge in [-0.25, -0.2) is 4.68 Å². The first-order chi connectivity index (χ1) is 14.0. The summed E-state index contributed by atoms with van der Waals surface area (Å²) in [6, 6.07) is 7.99. The van der Waals surface area contributed by atoms with Crippen molar-refractivity contribution >= 4 is 44.8 Å². The van der Waals surface area contributed by atoms with Crippen LogP contribution in [0.1, 0.15) is 19.4 Å². The average molecular weight is 496 g/mol. The van der Waals surface area contributed by atoms with Crippen molar-refractivity contribution in [2.75, 3.05) is 21.3 Å². The highest BCUT2D eigenvalue weighted by molar-refractivity contribution is 9.11. The van der Waals surface area contributed by atoms with E-state index in [0.717, 1.165) is 24.7 Å². The third-order valence-electron chi connectivity index (χ3n) is 3.89. The van der Waals surface area contributed by atoms with Gasteiger partial charge in [-0.1, -0.05) is 0 Å². The summed E-state index contributed by atoms with van der Waals surface area (Å²) in [7, 11) is 4.77. The Hall–Kier alpha value is -2.10. The third-order valence-corrected chi connectivity index (χ3v) is 6.37. The number of hydrogen-bond donors (Lipinski definition) is 0. The largest absolute Gasteiger partial charge is 0.493 e. The lowest BCUT2D eigenvalue weighted by molar-refractivity contribution is 0.324. The van der Waals surface area contributed by atoms with E-state index in [9.17, 15) is 0 Å². The summed E-state index contributed by atoms with van der Waals surface area (Å²) in [5.74, 6) is 1.71. The minimum atomic E-state index is 0.166. The third kappa shape index (κ3) is 4.91. The molecule has 0 aliphatic heterocycles. The van der Waals surface area contributed by atoms with E-state index in [4.69, 9.17) is 24.3 Å². The number of methoxy groups -OCH3 is 3. The smallest absolute Gasteiger partial charge is 0.206 e. The van der Waals surface area contributed by atoms with Crippen molar-refractivity contribution < 1.29 is 14.2 Å². The SMILES string of the molecule is COc1cc(C=Nn2c(-c3ccc(Br)s3)csc2=NC(C)C)cc(OC)c1OC. The average Bonchev–Trinajstić information content (AvgIpc) is 3.30. The Balaban J connectivity index is 2.10. The fourth-order valence-electron chi connectivity index (χ4n) is 2.64. The quantitative estimate of drug-likeness (QED) is 0.420. The van der Waals surface area contributed by atoms with E-state index in [1.807, 2.05) is 36.7 Å². The molecule has 0 N–H and O–H groups in total. The molecule has 2 heterocycles. The summed E-state index contributed by atoms with van der Waals surface area (Å²) in [6.45, 7) is 4.10. The minimum Gasteiger partial charge on any atom is -0.493 e. The number of benzene rings is 1. The highest BCUT2D eigenvalue weighted by Crippen LogP contribution is 2.38. The summed E-state index contributed by atoms with van der Waals surface area (Å²) < 4.78 is 19.2. The molecule has 0 saturated heterocycles. The Labute approximate surface area is 186 Å². The molecule has 0 aliphatic carbocycles. The van der Waals surface area contributed by atoms with Crippen LogP contribution in [0.3, 0.4) is 0 Å². The molecule has 1 aromatic carbocycles. The van der Waals surface area contributed by atoms with Gasteiger partial charge in [0.15, 0.2) is 11.5 Å². The van der Waals surface area contributed by atoms with E-state index in [-0.39, 0.29) is 6.04 Å². The van der Waals surface area contributed by atoms with Crippen molar-refractivity contribution in [1.29, 1.82) is 0 Å². The van der Waals surface area contributed by atoms with Crippen molar-refractivity contribution in [2.24, 2.45) is 10.1 Å². The lowest BCUT2D eigenvalue weighted by Crippen LogP contribution is -2.14. The van der Waals surface area contributed by atoms with Crippen LogP contribution >= 0.6 is 38.6 Å². The number of ether oxygens (including phenoxy) is 3. The van der Waals surface area contributed by atoms with Crippen LogP contribution in [0.4, 0.5) is 0 Å². The van der Waals surface area contributed by atoms with Crippen molar-refractivity contribution in [3.05, 3.63) is 43.8 Å². The molecule has 6 nitrogen and oxygen atoms in total. The van der Waals surface area contributed by atoms with E-state index in [0.29, 0.717) is 17.2 Å². The molecule has 0 fully saturated rings. The van der Waals surface area contributed by atoms with E-state index in [2.05, 4.69) is 27.4 Å². The molecule has 0 atom stereocenters. The van der Waals surface area contributed by atoms with Crippen LogP contribution < -0.4 is 19.0 Å². The molecule has 0 radical (unpaired) electrons. The lowest BCUT2D eigenvalue weighted by Gasteiger charge is -2.12. The fourth-order valence-corrected chi connectivity index (χ4v) is 5.07. The van der Waals surface area contributed by atoms with Crippen molar-refractivity contribution in [2.45, 2.75) is 19.9 Å². The number of nitrogens with zero attached hydrogens (tertiary/aromatic N) is 3. The molecule has 0 spiro atoms. The summed E-state index contributed by atoms with van der Waals surface area (Å²) >= 11 is 6.76. The molecular weight excluding hydrogens is 474 g/mol. The Bertz CT molecular complexity index is 1060. The molecule has 3 rings (SSSR count). The molecule has 0 saturated carbocycles. The van der Waals surface area contributed by atoms with Gasteiger partial charge in [0.1, 0.15) is 0 Å². The molecular formula is C20H22BrN3O3S2. The Morgan fingerprint density at radius 1 is 1.07 bits per heavy atom. The lowest BCUT2D eigenvalue weighted by atomic mass is 10.2. The maximum Gasteiger partial charge on any atom is 0.206 e. The minimum absolute atomic E-state index is 0.166. The highest BCUT2D eigenvalue weighted by Gasteiger charge is 2.13. The topological polar surface area (TPSA) is 57.3 Å². The van der Waals surface area contributed by atoms with E-state index in [1.54, 1.807) is 50.2 Å². The zero-order chi connectivity index (χ0) is 21.0. The molecule has 2 aromatic heterocycles. The zero-order valence-electron chi connectivity index (χ0n) is 16.8. The predicted octanol–water partition coefficient (Wildman–Crippen LogP) is 5.26. The molecule has 0 aliphatic rings. The van der Waals surface area contributed by atoms with Gasteiger partial charge in [-0.05, 0) is 54.0 Å². The molecule has 0 bridgehead atoms. The maximum absolute atomic E-state index is 5.44. The number of thiophene rings is 1. The van der Waals surface area contributed by atoms with Crippen LogP contribution in [-0.2, 0) is 0 Å². The molecule has 0 unspecified atom stereocenters. The van der Waals surface area contributed by atoms with Crippen LogP contribution in [-0.4, -0.2) is 38.3 Å². The summed E-state index contributed by atoms with van der Waals surface area (Å²) in [5.41, 5.74) is 1.82. The van der Waals surface area contributed by atoms with E-state index < -0.39 is 0 Å². The van der Waals surface area contributed by atoms with Crippen LogP contribution in [0.5, 0.6) is 17.2 Å². The summed E-state index contributed by atoms with van der Waals surface area (Å²) in [5, 5.41) is 6.80. The van der Waals surface area contributed by atoms with Gasteiger partial charge >= 0.3 is 0 Å². The number of aromatic nitrogens is 1. The van der Waals surface area contributed by atoms with E-state index >= 15 is 0 Å². The van der Waals surface area contributed by atoms with Crippen LogP contribution in [0.25, 0.3) is 10.6 Å². The predicted molar refractivity (Wildman–Crippen MR) is 123 cm³/mol. The molecule has 0 amide bonds. The molecule has 9 heteroatoms. The van der Waals surface area contributed by atoms with Gasteiger partial charge in [0.2, 0.25) is 10.6 Å². The molecule has 29 heavy (non-hydrogen) atoms. The Kier molecular flexibility index (Phi) is 7.15. The number of thiazole rings is 1. The first-order valence-corrected chi connectivity index (χ1v) is 11.3.